The molecule has 1 aliphatic heterocycles. The second kappa shape index (κ2) is 5.58. The standard InChI is InChI=1S/C15H19F3N2O/c1-9-4-3-7-20(10(9)2)14(21)12-8-11(15(16,17)18)5-6-13(12)19/h5-6,8-10H,3-4,7,19H2,1-2H3. The minimum atomic E-state index is -4.48. The zero-order chi connectivity index (χ0) is 15.8. The first-order chi connectivity index (χ1) is 9.71. The summed E-state index contributed by atoms with van der Waals surface area (Å²) in [4.78, 5) is 14.2. The minimum absolute atomic E-state index is 0.000179. The van der Waals surface area contributed by atoms with Crippen molar-refractivity contribution in [3.05, 3.63) is 29.3 Å². The minimum Gasteiger partial charge on any atom is -0.398 e. The molecule has 0 aliphatic carbocycles. The van der Waals surface area contributed by atoms with Crippen molar-refractivity contribution >= 4 is 11.6 Å². The molecule has 6 heteroatoms. The van der Waals surface area contributed by atoms with Gasteiger partial charge in [-0.1, -0.05) is 6.92 Å². The molecular weight excluding hydrogens is 281 g/mol. The molecule has 2 unspecified atom stereocenters. The second-order valence-corrected chi connectivity index (χ2v) is 5.66. The molecule has 0 spiro atoms. The van der Waals surface area contributed by atoms with Crippen LogP contribution < -0.4 is 5.73 Å². The van der Waals surface area contributed by atoms with Gasteiger partial charge in [-0.3, -0.25) is 4.79 Å². The van der Waals surface area contributed by atoms with E-state index in [0.29, 0.717) is 12.5 Å². The highest BCUT2D eigenvalue weighted by molar-refractivity contribution is 5.99. The van der Waals surface area contributed by atoms with E-state index in [0.717, 1.165) is 31.0 Å². The topological polar surface area (TPSA) is 46.3 Å². The number of hydrogen-bond donors (Lipinski definition) is 1. The summed E-state index contributed by atoms with van der Waals surface area (Å²) in [6.45, 7) is 4.52. The van der Waals surface area contributed by atoms with E-state index in [1.807, 2.05) is 13.8 Å². The summed E-state index contributed by atoms with van der Waals surface area (Å²) in [6, 6.07) is 2.90. The van der Waals surface area contributed by atoms with Crippen LogP contribution in [0.5, 0.6) is 0 Å². The Morgan fingerprint density at radius 3 is 2.62 bits per heavy atom. The first kappa shape index (κ1) is 15.7. The number of carbonyl (C=O) groups is 1. The number of nitrogens with zero attached hydrogens (tertiary/aromatic N) is 1. The number of nitrogens with two attached hydrogens (primary N) is 1. The Morgan fingerprint density at radius 1 is 1.33 bits per heavy atom. The van der Waals surface area contributed by atoms with E-state index in [-0.39, 0.29) is 17.3 Å². The quantitative estimate of drug-likeness (QED) is 0.806. The fraction of sp³-hybridized carbons (Fsp3) is 0.533. The van der Waals surface area contributed by atoms with Gasteiger partial charge in [0.2, 0.25) is 0 Å². The first-order valence-electron chi connectivity index (χ1n) is 6.99. The van der Waals surface area contributed by atoms with Crippen molar-refractivity contribution in [3.63, 3.8) is 0 Å². The van der Waals surface area contributed by atoms with E-state index in [2.05, 4.69) is 0 Å². The van der Waals surface area contributed by atoms with Gasteiger partial charge in [0.1, 0.15) is 0 Å². The number of alkyl halides is 3. The third kappa shape index (κ3) is 3.14. The Bertz CT molecular complexity index is 542. The van der Waals surface area contributed by atoms with Gasteiger partial charge in [0.25, 0.3) is 5.91 Å². The maximum atomic E-state index is 12.8. The number of halogens is 3. The summed E-state index contributed by atoms with van der Waals surface area (Å²) >= 11 is 0. The lowest BCUT2D eigenvalue weighted by molar-refractivity contribution is -0.137. The summed E-state index contributed by atoms with van der Waals surface area (Å²) in [5.74, 6) is -0.0904. The number of carbonyl (C=O) groups excluding carboxylic acids is 1. The predicted octanol–water partition coefficient (Wildman–Crippen LogP) is 3.55. The number of likely N-dealkylation sites (tertiary alicyclic amines) is 1. The average molecular weight is 300 g/mol. The van der Waals surface area contributed by atoms with Crippen molar-refractivity contribution in [2.24, 2.45) is 5.92 Å². The molecule has 2 atom stereocenters. The molecule has 2 rings (SSSR count). The molecule has 1 amide bonds. The molecule has 1 aromatic carbocycles. The van der Waals surface area contributed by atoms with E-state index in [1.165, 1.54) is 0 Å². The molecule has 116 valence electrons. The van der Waals surface area contributed by atoms with Gasteiger partial charge < -0.3 is 10.6 Å². The van der Waals surface area contributed by atoms with E-state index >= 15 is 0 Å². The monoisotopic (exact) mass is 300 g/mol. The van der Waals surface area contributed by atoms with Crippen LogP contribution in [-0.4, -0.2) is 23.4 Å². The zero-order valence-electron chi connectivity index (χ0n) is 12.1. The number of piperidine rings is 1. The third-order valence-electron chi connectivity index (χ3n) is 4.25. The fourth-order valence-electron chi connectivity index (χ4n) is 2.69. The molecular formula is C15H19F3N2O. The maximum Gasteiger partial charge on any atom is 0.416 e. The first-order valence-corrected chi connectivity index (χ1v) is 6.99. The van der Waals surface area contributed by atoms with E-state index in [4.69, 9.17) is 5.73 Å². The van der Waals surface area contributed by atoms with Crippen LogP contribution in [0.3, 0.4) is 0 Å². The highest BCUT2D eigenvalue weighted by Gasteiger charge is 2.34. The Balaban J connectivity index is 2.34. The number of benzene rings is 1. The van der Waals surface area contributed by atoms with Gasteiger partial charge in [-0.15, -0.1) is 0 Å². The van der Waals surface area contributed by atoms with Crippen molar-refractivity contribution in [3.8, 4) is 0 Å². The van der Waals surface area contributed by atoms with Crippen LogP contribution in [0.15, 0.2) is 18.2 Å². The van der Waals surface area contributed by atoms with Crippen LogP contribution >= 0.6 is 0 Å². The van der Waals surface area contributed by atoms with Crippen LogP contribution in [0, 0.1) is 5.92 Å². The maximum absolute atomic E-state index is 12.8. The lowest BCUT2D eigenvalue weighted by atomic mass is 9.91. The Hall–Kier alpha value is -1.72. The van der Waals surface area contributed by atoms with Gasteiger partial charge in [0.05, 0.1) is 11.1 Å². The molecule has 0 bridgehead atoms. The summed E-state index contributed by atoms with van der Waals surface area (Å²) in [6.07, 6.45) is -2.61. The lowest BCUT2D eigenvalue weighted by Gasteiger charge is -2.38. The summed E-state index contributed by atoms with van der Waals surface area (Å²) in [7, 11) is 0. The summed E-state index contributed by atoms with van der Waals surface area (Å²) in [5.41, 5.74) is 4.87. The molecule has 1 aliphatic rings. The Kier molecular flexibility index (Phi) is 4.16. The van der Waals surface area contributed by atoms with Crippen LogP contribution in [0.4, 0.5) is 18.9 Å². The number of amides is 1. The number of nitrogen functional groups attached to an aromatic ring is 1. The molecule has 21 heavy (non-hydrogen) atoms. The average Bonchev–Trinajstić information content (AvgIpc) is 2.40. The second-order valence-electron chi connectivity index (χ2n) is 5.66. The molecule has 3 nitrogen and oxygen atoms in total. The fourth-order valence-corrected chi connectivity index (χ4v) is 2.69. The van der Waals surface area contributed by atoms with Crippen LogP contribution in [0.2, 0.25) is 0 Å². The number of hydrogen-bond acceptors (Lipinski definition) is 2. The molecule has 1 heterocycles. The SMILES string of the molecule is CC1CCCN(C(=O)c2cc(C(F)(F)F)ccc2N)C1C. The molecule has 1 fully saturated rings. The van der Waals surface area contributed by atoms with E-state index in [1.54, 1.807) is 4.90 Å². The molecule has 0 radical (unpaired) electrons. The highest BCUT2D eigenvalue weighted by atomic mass is 19.4. The van der Waals surface area contributed by atoms with Gasteiger partial charge in [-0.25, -0.2) is 0 Å². The lowest BCUT2D eigenvalue weighted by Crippen LogP contribution is -2.46. The smallest absolute Gasteiger partial charge is 0.398 e. The van der Waals surface area contributed by atoms with Crippen LogP contribution in [0.25, 0.3) is 0 Å². The van der Waals surface area contributed by atoms with Gasteiger partial charge in [0.15, 0.2) is 0 Å². The van der Waals surface area contributed by atoms with Crippen molar-refractivity contribution in [1.29, 1.82) is 0 Å². The molecule has 1 saturated heterocycles. The van der Waals surface area contributed by atoms with Crippen molar-refractivity contribution in [1.82, 2.24) is 4.90 Å². The van der Waals surface area contributed by atoms with Crippen LogP contribution in [0.1, 0.15) is 42.6 Å². The molecule has 1 aromatic rings. The number of rotatable bonds is 1. The highest BCUT2D eigenvalue weighted by Crippen LogP contribution is 2.32. The van der Waals surface area contributed by atoms with Crippen molar-refractivity contribution < 1.29 is 18.0 Å². The van der Waals surface area contributed by atoms with Crippen molar-refractivity contribution in [2.75, 3.05) is 12.3 Å². The zero-order valence-corrected chi connectivity index (χ0v) is 12.1. The normalized spacial score (nSPS) is 23.2. The largest absolute Gasteiger partial charge is 0.416 e. The molecule has 2 N–H and O–H groups in total. The van der Waals surface area contributed by atoms with Crippen molar-refractivity contribution in [2.45, 2.75) is 38.9 Å². The number of anilines is 1. The Labute approximate surface area is 121 Å². The Morgan fingerprint density at radius 2 is 2.00 bits per heavy atom. The summed E-state index contributed by atoms with van der Waals surface area (Å²) < 4.78 is 38.3. The van der Waals surface area contributed by atoms with Gasteiger partial charge in [-0.2, -0.15) is 13.2 Å². The van der Waals surface area contributed by atoms with Gasteiger partial charge in [-0.05, 0) is 43.9 Å². The van der Waals surface area contributed by atoms with E-state index < -0.39 is 17.6 Å². The van der Waals surface area contributed by atoms with Gasteiger partial charge >= 0.3 is 6.18 Å². The molecule has 0 aromatic heterocycles. The van der Waals surface area contributed by atoms with Gasteiger partial charge in [0, 0.05) is 18.3 Å². The molecule has 0 saturated carbocycles. The predicted molar refractivity (Wildman–Crippen MR) is 74.8 cm³/mol. The summed E-state index contributed by atoms with van der Waals surface area (Å²) in [5, 5.41) is 0. The third-order valence-corrected chi connectivity index (χ3v) is 4.25. The van der Waals surface area contributed by atoms with Crippen LogP contribution in [-0.2, 0) is 6.18 Å². The van der Waals surface area contributed by atoms with E-state index in [9.17, 15) is 18.0 Å².